The second-order valence-electron chi connectivity index (χ2n) is 2.77. The molecule has 0 spiro atoms. The minimum Gasteiger partial charge on any atom is -0.508 e. The first-order valence-electron chi connectivity index (χ1n) is 4.11. The maximum absolute atomic E-state index is 9.07. The zero-order valence-corrected chi connectivity index (χ0v) is 7.34. The van der Waals surface area contributed by atoms with Crippen molar-refractivity contribution in [3.8, 4) is 17.2 Å². The monoisotopic (exact) mass is 191 g/mol. The van der Waals surface area contributed by atoms with Gasteiger partial charge in [-0.25, -0.2) is 0 Å². The van der Waals surface area contributed by atoms with Crippen LogP contribution < -0.4 is 5.73 Å². The number of nitrogens with two attached hydrogens (primary N) is 1. The van der Waals surface area contributed by atoms with E-state index in [4.69, 9.17) is 15.4 Å². The molecule has 1 heterocycles. The molecular weight excluding hydrogens is 182 g/mol. The third-order valence-electron chi connectivity index (χ3n) is 1.76. The number of nitrogens with zero attached hydrogens (tertiary/aromatic N) is 2. The molecule has 2 rings (SSSR count). The first kappa shape index (κ1) is 8.71. The van der Waals surface area contributed by atoms with Gasteiger partial charge < -0.3 is 15.4 Å². The molecular formula is C9H9N3O2. The third kappa shape index (κ3) is 1.57. The summed E-state index contributed by atoms with van der Waals surface area (Å²) in [6.45, 7) is 0.252. The lowest BCUT2D eigenvalue weighted by Gasteiger charge is -1.93. The second kappa shape index (κ2) is 3.47. The van der Waals surface area contributed by atoms with E-state index >= 15 is 0 Å². The highest BCUT2D eigenvalue weighted by Gasteiger charge is 2.06. The van der Waals surface area contributed by atoms with Gasteiger partial charge in [-0.1, -0.05) is 5.16 Å². The summed E-state index contributed by atoms with van der Waals surface area (Å²) in [6, 6.07) is 6.51. The Kier molecular flexibility index (Phi) is 2.16. The maximum Gasteiger partial charge on any atom is 0.257 e. The lowest BCUT2D eigenvalue weighted by atomic mass is 10.2. The van der Waals surface area contributed by atoms with Crippen molar-refractivity contribution < 1.29 is 9.63 Å². The number of hydrogen-bond donors (Lipinski definition) is 2. The molecule has 0 radical (unpaired) electrons. The van der Waals surface area contributed by atoms with Crippen LogP contribution in [0.5, 0.6) is 5.75 Å². The molecule has 5 nitrogen and oxygen atoms in total. The topological polar surface area (TPSA) is 85.2 Å². The third-order valence-corrected chi connectivity index (χ3v) is 1.76. The average Bonchev–Trinajstić information content (AvgIpc) is 2.67. The van der Waals surface area contributed by atoms with Gasteiger partial charge in [0.2, 0.25) is 0 Å². The predicted octanol–water partition coefficient (Wildman–Crippen LogP) is 0.901. The van der Waals surface area contributed by atoms with Gasteiger partial charge in [0.05, 0.1) is 6.54 Å². The van der Waals surface area contributed by atoms with Crippen molar-refractivity contribution in [3.63, 3.8) is 0 Å². The van der Waals surface area contributed by atoms with Gasteiger partial charge in [0, 0.05) is 5.56 Å². The lowest BCUT2D eigenvalue weighted by molar-refractivity contribution is 0.422. The lowest BCUT2D eigenvalue weighted by Crippen LogP contribution is -1.97. The molecule has 0 aliphatic rings. The standard InChI is InChI=1S/C9H9N3O2/c10-5-8-11-9(14-12-8)6-1-3-7(13)4-2-6/h1-4,13H,5,10H2. The molecule has 0 bridgehead atoms. The van der Waals surface area contributed by atoms with E-state index in [1.54, 1.807) is 24.3 Å². The number of rotatable bonds is 2. The van der Waals surface area contributed by atoms with E-state index < -0.39 is 0 Å². The minimum absolute atomic E-state index is 0.201. The summed E-state index contributed by atoms with van der Waals surface area (Å²) in [5, 5.41) is 12.7. The van der Waals surface area contributed by atoms with Gasteiger partial charge in [-0.2, -0.15) is 4.98 Å². The molecule has 0 atom stereocenters. The van der Waals surface area contributed by atoms with E-state index in [1.165, 1.54) is 0 Å². The van der Waals surface area contributed by atoms with Crippen LogP contribution in [-0.4, -0.2) is 15.2 Å². The van der Waals surface area contributed by atoms with Crippen LogP contribution in [0.1, 0.15) is 5.82 Å². The zero-order valence-electron chi connectivity index (χ0n) is 7.34. The van der Waals surface area contributed by atoms with Crippen molar-refractivity contribution in [1.29, 1.82) is 0 Å². The van der Waals surface area contributed by atoms with Gasteiger partial charge in [-0.05, 0) is 24.3 Å². The highest BCUT2D eigenvalue weighted by atomic mass is 16.5. The summed E-state index contributed by atoms with van der Waals surface area (Å²) in [7, 11) is 0. The quantitative estimate of drug-likeness (QED) is 0.736. The van der Waals surface area contributed by atoms with E-state index in [0.29, 0.717) is 11.7 Å². The molecule has 3 N–H and O–H groups in total. The Hall–Kier alpha value is -1.88. The normalized spacial score (nSPS) is 10.4. The smallest absolute Gasteiger partial charge is 0.257 e. The molecule has 1 aromatic heterocycles. The summed E-state index contributed by atoms with van der Waals surface area (Å²) in [6.07, 6.45) is 0. The van der Waals surface area contributed by atoms with Gasteiger partial charge in [0.15, 0.2) is 5.82 Å². The largest absolute Gasteiger partial charge is 0.508 e. The Morgan fingerprint density at radius 2 is 2.00 bits per heavy atom. The average molecular weight is 191 g/mol. The van der Waals surface area contributed by atoms with Crippen molar-refractivity contribution in [2.24, 2.45) is 5.73 Å². The second-order valence-corrected chi connectivity index (χ2v) is 2.77. The molecule has 0 unspecified atom stereocenters. The fraction of sp³-hybridized carbons (Fsp3) is 0.111. The van der Waals surface area contributed by atoms with E-state index in [0.717, 1.165) is 5.56 Å². The fourth-order valence-electron chi connectivity index (χ4n) is 1.06. The van der Waals surface area contributed by atoms with E-state index in [2.05, 4.69) is 10.1 Å². The first-order chi connectivity index (χ1) is 6.79. The fourth-order valence-corrected chi connectivity index (χ4v) is 1.06. The Morgan fingerprint density at radius 3 is 2.57 bits per heavy atom. The van der Waals surface area contributed by atoms with Crippen molar-refractivity contribution in [2.45, 2.75) is 6.54 Å². The van der Waals surface area contributed by atoms with Gasteiger partial charge in [0.25, 0.3) is 5.89 Å². The molecule has 0 amide bonds. The van der Waals surface area contributed by atoms with E-state index in [9.17, 15) is 0 Å². The molecule has 0 fully saturated rings. The number of phenols is 1. The highest BCUT2D eigenvalue weighted by molar-refractivity contribution is 5.53. The van der Waals surface area contributed by atoms with Crippen molar-refractivity contribution in [3.05, 3.63) is 30.1 Å². The number of aromatic hydroxyl groups is 1. The van der Waals surface area contributed by atoms with Crippen LogP contribution in [0.4, 0.5) is 0 Å². The van der Waals surface area contributed by atoms with Crippen LogP contribution in [0.2, 0.25) is 0 Å². The van der Waals surface area contributed by atoms with Gasteiger partial charge in [0.1, 0.15) is 5.75 Å². The van der Waals surface area contributed by atoms with Crippen LogP contribution in [0, 0.1) is 0 Å². The highest BCUT2D eigenvalue weighted by Crippen LogP contribution is 2.19. The number of benzene rings is 1. The van der Waals surface area contributed by atoms with E-state index in [-0.39, 0.29) is 12.3 Å². The number of phenolic OH excluding ortho intramolecular Hbond substituents is 1. The minimum atomic E-state index is 0.201. The summed E-state index contributed by atoms with van der Waals surface area (Å²) < 4.78 is 4.96. The van der Waals surface area contributed by atoms with Crippen molar-refractivity contribution in [2.75, 3.05) is 0 Å². The molecule has 1 aromatic carbocycles. The first-order valence-corrected chi connectivity index (χ1v) is 4.11. The SMILES string of the molecule is NCc1noc(-c2ccc(O)cc2)n1. The van der Waals surface area contributed by atoms with Crippen molar-refractivity contribution >= 4 is 0 Å². The summed E-state index contributed by atoms with van der Waals surface area (Å²) >= 11 is 0. The summed E-state index contributed by atoms with van der Waals surface area (Å²) in [5.41, 5.74) is 6.10. The molecule has 5 heteroatoms. The molecule has 0 saturated heterocycles. The number of hydrogen-bond acceptors (Lipinski definition) is 5. The van der Waals surface area contributed by atoms with E-state index in [1.807, 2.05) is 0 Å². The molecule has 2 aromatic rings. The van der Waals surface area contributed by atoms with Crippen LogP contribution in [0.3, 0.4) is 0 Å². The Balaban J connectivity index is 2.34. The Labute approximate surface area is 80.2 Å². The summed E-state index contributed by atoms with van der Waals surface area (Å²) in [5.74, 6) is 1.07. The zero-order chi connectivity index (χ0) is 9.97. The molecule has 14 heavy (non-hydrogen) atoms. The molecule has 0 aliphatic carbocycles. The van der Waals surface area contributed by atoms with Gasteiger partial charge in [-0.15, -0.1) is 0 Å². The Bertz CT molecular complexity index is 422. The summed E-state index contributed by atoms with van der Waals surface area (Å²) in [4.78, 5) is 4.04. The molecule has 0 saturated carbocycles. The van der Waals surface area contributed by atoms with Crippen LogP contribution in [0.15, 0.2) is 28.8 Å². The Morgan fingerprint density at radius 1 is 1.29 bits per heavy atom. The number of aromatic nitrogens is 2. The molecule has 72 valence electrons. The predicted molar refractivity (Wildman–Crippen MR) is 49.3 cm³/mol. The molecule has 0 aliphatic heterocycles. The van der Waals surface area contributed by atoms with Crippen LogP contribution in [-0.2, 0) is 6.54 Å². The maximum atomic E-state index is 9.07. The van der Waals surface area contributed by atoms with Gasteiger partial charge in [-0.3, -0.25) is 0 Å². The van der Waals surface area contributed by atoms with Crippen molar-refractivity contribution in [1.82, 2.24) is 10.1 Å². The van der Waals surface area contributed by atoms with Crippen LogP contribution >= 0.6 is 0 Å². The van der Waals surface area contributed by atoms with Gasteiger partial charge >= 0.3 is 0 Å². The van der Waals surface area contributed by atoms with Crippen LogP contribution in [0.25, 0.3) is 11.5 Å².